The number of carbonyl (C=O) groups is 1. The molecule has 3 rings (SSSR count). The molecule has 0 aliphatic rings. The number of rotatable bonds is 2. The number of esters is 1. The van der Waals surface area contributed by atoms with Crippen LogP contribution in [0.2, 0.25) is 5.15 Å². The van der Waals surface area contributed by atoms with Crippen LogP contribution in [0.5, 0.6) is 0 Å². The van der Waals surface area contributed by atoms with E-state index in [9.17, 15) is 9.18 Å². The van der Waals surface area contributed by atoms with Gasteiger partial charge < -0.3 is 4.74 Å². The van der Waals surface area contributed by atoms with E-state index in [1.807, 2.05) is 0 Å². The van der Waals surface area contributed by atoms with Crippen molar-refractivity contribution in [2.24, 2.45) is 0 Å². The summed E-state index contributed by atoms with van der Waals surface area (Å²) in [5.41, 5.74) is 0.566. The monoisotopic (exact) mass is 306 g/mol. The van der Waals surface area contributed by atoms with Crippen molar-refractivity contribution in [2.45, 2.75) is 0 Å². The predicted molar refractivity (Wildman–Crippen MR) is 72.5 cm³/mol. The molecule has 0 aliphatic heterocycles. The summed E-state index contributed by atoms with van der Waals surface area (Å²) in [6.45, 7) is 0. The van der Waals surface area contributed by atoms with Crippen LogP contribution in [0, 0.1) is 5.82 Å². The van der Waals surface area contributed by atoms with Crippen molar-refractivity contribution in [3.63, 3.8) is 0 Å². The highest BCUT2D eigenvalue weighted by Crippen LogP contribution is 2.23. The summed E-state index contributed by atoms with van der Waals surface area (Å²) in [5.74, 6) is -0.895. The molecule has 0 radical (unpaired) electrons. The highest BCUT2D eigenvalue weighted by molar-refractivity contribution is 6.32. The van der Waals surface area contributed by atoms with Crippen molar-refractivity contribution in [1.82, 2.24) is 19.8 Å². The molecule has 0 saturated heterocycles. The number of hydrogen-bond acceptors (Lipinski definition) is 5. The molecule has 0 saturated carbocycles. The van der Waals surface area contributed by atoms with E-state index in [1.54, 1.807) is 18.2 Å². The first kappa shape index (κ1) is 13.4. The molecule has 0 N–H and O–H groups in total. The molecule has 0 atom stereocenters. The third-order valence-electron chi connectivity index (χ3n) is 2.87. The van der Waals surface area contributed by atoms with E-state index < -0.39 is 11.8 Å². The van der Waals surface area contributed by atoms with E-state index in [2.05, 4.69) is 20.0 Å². The molecule has 1 aromatic carbocycles. The molecule has 0 unspecified atom stereocenters. The maximum atomic E-state index is 13.8. The van der Waals surface area contributed by atoms with Gasteiger partial charge in [0.25, 0.3) is 0 Å². The Labute approximate surface area is 123 Å². The summed E-state index contributed by atoms with van der Waals surface area (Å²) in [7, 11) is 1.23. The van der Waals surface area contributed by atoms with Gasteiger partial charge in [0.1, 0.15) is 11.4 Å². The van der Waals surface area contributed by atoms with Gasteiger partial charge in [0.05, 0.1) is 12.7 Å². The van der Waals surface area contributed by atoms with Gasteiger partial charge >= 0.3 is 5.97 Å². The van der Waals surface area contributed by atoms with Crippen LogP contribution < -0.4 is 0 Å². The van der Waals surface area contributed by atoms with E-state index in [0.29, 0.717) is 0 Å². The summed E-state index contributed by atoms with van der Waals surface area (Å²) in [6, 6.07) is 7.48. The lowest BCUT2D eigenvalue weighted by atomic mass is 10.2. The molecule has 6 nitrogen and oxygen atoms in total. The lowest BCUT2D eigenvalue weighted by Gasteiger charge is -2.04. The number of hydrogen-bond donors (Lipinski definition) is 0. The number of ether oxygens (including phenoxy) is 1. The molecular formula is C13H8ClFN4O2. The molecule has 0 fully saturated rings. The van der Waals surface area contributed by atoms with Gasteiger partial charge in [-0.15, -0.1) is 10.2 Å². The summed E-state index contributed by atoms with van der Waals surface area (Å²) in [5, 5.41) is 11.7. The van der Waals surface area contributed by atoms with Crippen LogP contribution in [0.3, 0.4) is 0 Å². The number of aromatic nitrogens is 4. The first-order valence-electron chi connectivity index (χ1n) is 5.87. The molecule has 8 heteroatoms. The Morgan fingerprint density at radius 3 is 2.81 bits per heavy atom. The Morgan fingerprint density at radius 2 is 2.10 bits per heavy atom. The van der Waals surface area contributed by atoms with Crippen LogP contribution in [0.25, 0.3) is 17.0 Å². The second-order valence-electron chi connectivity index (χ2n) is 4.11. The van der Waals surface area contributed by atoms with Crippen molar-refractivity contribution >= 4 is 23.2 Å². The van der Waals surface area contributed by atoms with Crippen LogP contribution >= 0.6 is 11.6 Å². The molecule has 21 heavy (non-hydrogen) atoms. The number of nitrogens with zero attached hydrogens (tertiary/aromatic N) is 4. The van der Waals surface area contributed by atoms with E-state index in [-0.39, 0.29) is 27.8 Å². The Balaban J connectivity index is 2.22. The topological polar surface area (TPSA) is 69.4 Å². The first-order chi connectivity index (χ1) is 10.1. The van der Waals surface area contributed by atoms with E-state index >= 15 is 0 Å². The molecule has 3 aromatic rings. The summed E-state index contributed by atoms with van der Waals surface area (Å²) in [4.78, 5) is 11.5. The van der Waals surface area contributed by atoms with Crippen LogP contribution in [0.1, 0.15) is 10.4 Å². The zero-order chi connectivity index (χ0) is 15.0. The average molecular weight is 307 g/mol. The van der Waals surface area contributed by atoms with Gasteiger partial charge in [-0.2, -0.15) is 9.61 Å². The second kappa shape index (κ2) is 5.10. The molecule has 0 amide bonds. The van der Waals surface area contributed by atoms with Gasteiger partial charge in [-0.05, 0) is 12.1 Å². The number of carbonyl (C=O) groups excluding carboxylic acids is 1. The lowest BCUT2D eigenvalue weighted by Crippen LogP contribution is -2.06. The number of methoxy groups -OCH3 is 1. The van der Waals surface area contributed by atoms with Gasteiger partial charge in [-0.25, -0.2) is 9.18 Å². The fourth-order valence-electron chi connectivity index (χ4n) is 1.87. The van der Waals surface area contributed by atoms with E-state index in [4.69, 9.17) is 11.6 Å². The molecule has 2 aromatic heterocycles. The fourth-order valence-corrected chi connectivity index (χ4v) is 2.08. The minimum atomic E-state index is -0.634. The van der Waals surface area contributed by atoms with Crippen molar-refractivity contribution in [3.8, 4) is 11.4 Å². The Hall–Kier alpha value is -2.54. The highest BCUT2D eigenvalue weighted by atomic mass is 35.5. The minimum Gasteiger partial charge on any atom is -0.465 e. The zero-order valence-electron chi connectivity index (χ0n) is 10.7. The first-order valence-corrected chi connectivity index (χ1v) is 6.25. The van der Waals surface area contributed by atoms with Crippen molar-refractivity contribution in [2.75, 3.05) is 7.11 Å². The van der Waals surface area contributed by atoms with Gasteiger partial charge in [0.2, 0.25) is 0 Å². The number of benzene rings is 1. The highest BCUT2D eigenvalue weighted by Gasteiger charge is 2.18. The number of halogens is 2. The zero-order valence-corrected chi connectivity index (χ0v) is 11.5. The van der Waals surface area contributed by atoms with Crippen LogP contribution in [-0.4, -0.2) is 32.9 Å². The Morgan fingerprint density at radius 1 is 1.33 bits per heavy atom. The quantitative estimate of drug-likeness (QED) is 0.680. The molecule has 2 heterocycles. The lowest BCUT2D eigenvalue weighted by molar-refractivity contribution is 0.0600. The van der Waals surface area contributed by atoms with Crippen molar-refractivity contribution < 1.29 is 13.9 Å². The van der Waals surface area contributed by atoms with Gasteiger partial charge in [-0.1, -0.05) is 23.7 Å². The predicted octanol–water partition coefficient (Wildman–Crippen LogP) is 2.37. The maximum Gasteiger partial charge on any atom is 0.341 e. The summed E-state index contributed by atoms with van der Waals surface area (Å²) in [6.07, 6.45) is 0. The largest absolute Gasteiger partial charge is 0.465 e. The molecule has 0 aliphatic carbocycles. The second-order valence-corrected chi connectivity index (χ2v) is 4.47. The summed E-state index contributed by atoms with van der Waals surface area (Å²) >= 11 is 5.95. The third-order valence-corrected chi connectivity index (χ3v) is 3.15. The average Bonchev–Trinajstić information content (AvgIpc) is 2.88. The van der Waals surface area contributed by atoms with Gasteiger partial charge in [0, 0.05) is 6.07 Å². The van der Waals surface area contributed by atoms with Crippen molar-refractivity contribution in [1.29, 1.82) is 0 Å². The fraction of sp³-hybridized carbons (Fsp3) is 0.0769. The van der Waals surface area contributed by atoms with Crippen molar-refractivity contribution in [3.05, 3.63) is 46.9 Å². The maximum absolute atomic E-state index is 13.8. The van der Waals surface area contributed by atoms with Gasteiger partial charge in [0.15, 0.2) is 16.6 Å². The SMILES string of the molecule is COC(=O)c1cc2nnc(-c3ccccc3F)n2nc1Cl. The standard InChI is InChI=1S/C13H8ClFN4O2/c1-21-13(20)8-6-10-16-17-12(19(10)18-11(8)14)7-4-2-3-5-9(7)15/h2-6H,1H3. The normalized spacial score (nSPS) is 10.8. The van der Waals surface area contributed by atoms with E-state index in [0.717, 1.165) is 0 Å². The Kier molecular flexibility index (Phi) is 3.26. The van der Waals surface area contributed by atoms with Crippen LogP contribution in [0.4, 0.5) is 4.39 Å². The molecule has 0 bridgehead atoms. The van der Waals surface area contributed by atoms with Crippen LogP contribution in [0.15, 0.2) is 30.3 Å². The molecule has 106 valence electrons. The summed E-state index contributed by atoms with van der Waals surface area (Å²) < 4.78 is 19.7. The van der Waals surface area contributed by atoms with Gasteiger partial charge in [-0.3, -0.25) is 0 Å². The smallest absolute Gasteiger partial charge is 0.341 e. The van der Waals surface area contributed by atoms with Crippen LogP contribution in [-0.2, 0) is 4.74 Å². The van der Waals surface area contributed by atoms with E-state index in [1.165, 1.54) is 23.8 Å². The molecule has 0 spiro atoms. The third kappa shape index (κ3) is 2.21. The Bertz CT molecular complexity index is 849. The minimum absolute atomic E-state index is 0.0687. The molecular weight excluding hydrogens is 299 g/mol. The number of fused-ring (bicyclic) bond motifs is 1.